The number of aliphatic imine (C=N–C) groups is 1. The topological polar surface area (TPSA) is 96.9 Å². The Kier molecular flexibility index (Phi) is 4.20. The Morgan fingerprint density at radius 1 is 1.61 bits per heavy atom. The van der Waals surface area contributed by atoms with Crippen LogP contribution in [-0.4, -0.2) is 34.8 Å². The zero-order chi connectivity index (χ0) is 16.6. The van der Waals surface area contributed by atoms with Gasteiger partial charge in [0.05, 0.1) is 6.61 Å². The third-order valence-corrected chi connectivity index (χ3v) is 5.46. The van der Waals surface area contributed by atoms with E-state index in [2.05, 4.69) is 10.3 Å². The van der Waals surface area contributed by atoms with E-state index in [9.17, 15) is 9.18 Å². The number of nitrogens with one attached hydrogen (secondary N) is 1. The average Bonchev–Trinajstić information content (AvgIpc) is 2.49. The molecule has 0 aliphatic carbocycles. The van der Waals surface area contributed by atoms with Gasteiger partial charge in [-0.1, -0.05) is 18.7 Å². The van der Waals surface area contributed by atoms with E-state index in [4.69, 9.17) is 15.6 Å². The molecule has 3 atom stereocenters. The monoisotopic (exact) mass is 339 g/mol. The summed E-state index contributed by atoms with van der Waals surface area (Å²) in [6, 6.07) is 4.38. The van der Waals surface area contributed by atoms with Crippen molar-refractivity contribution in [1.82, 2.24) is 5.32 Å². The summed E-state index contributed by atoms with van der Waals surface area (Å²) in [7, 11) is 0. The Morgan fingerprint density at radius 3 is 3.13 bits per heavy atom. The van der Waals surface area contributed by atoms with Crippen molar-refractivity contribution in [3.05, 3.63) is 29.6 Å². The van der Waals surface area contributed by atoms with E-state index >= 15 is 0 Å². The minimum absolute atomic E-state index is 0.0388. The van der Waals surface area contributed by atoms with Gasteiger partial charge in [-0.3, -0.25) is 5.32 Å². The van der Waals surface area contributed by atoms with Gasteiger partial charge < -0.3 is 15.6 Å². The lowest BCUT2D eigenvalue weighted by Gasteiger charge is -2.47. The Bertz CT molecular complexity index is 669. The van der Waals surface area contributed by atoms with Gasteiger partial charge in [0.1, 0.15) is 11.4 Å². The number of hydrogen-bond donors (Lipinski definition) is 3. The van der Waals surface area contributed by atoms with E-state index in [-0.39, 0.29) is 22.9 Å². The van der Waals surface area contributed by atoms with Gasteiger partial charge >= 0.3 is 6.09 Å². The first-order chi connectivity index (χ1) is 10.9. The first kappa shape index (κ1) is 16.1. The third-order valence-electron chi connectivity index (χ3n) is 4.34. The number of fused-ring (bicyclic) bond motifs is 1. The number of hydrogen-bond acceptors (Lipinski definition) is 5. The molecule has 1 fully saturated rings. The molecule has 2 aliphatic rings. The number of amidine groups is 1. The second-order valence-corrected chi connectivity index (χ2v) is 7.15. The highest BCUT2D eigenvalue weighted by Crippen LogP contribution is 2.48. The molecule has 0 radical (unpaired) electrons. The normalized spacial score (nSPS) is 30.3. The number of nitrogen functional groups attached to an aromatic ring is 1. The molecule has 1 amide bonds. The molecular weight excluding hydrogens is 321 g/mol. The van der Waals surface area contributed by atoms with Gasteiger partial charge in [0.25, 0.3) is 0 Å². The number of carbonyl (C=O) groups is 1. The summed E-state index contributed by atoms with van der Waals surface area (Å²) in [5, 5.41) is 11.6. The van der Waals surface area contributed by atoms with Crippen molar-refractivity contribution in [3.63, 3.8) is 0 Å². The molecule has 0 saturated carbocycles. The van der Waals surface area contributed by atoms with Crippen LogP contribution in [-0.2, 0) is 10.3 Å². The van der Waals surface area contributed by atoms with Gasteiger partial charge in [-0.25, -0.2) is 14.2 Å². The predicted molar refractivity (Wildman–Crippen MR) is 87.1 cm³/mol. The second-order valence-electron chi connectivity index (χ2n) is 5.78. The summed E-state index contributed by atoms with van der Waals surface area (Å²) < 4.78 is 20.1. The molecule has 1 aromatic carbocycles. The van der Waals surface area contributed by atoms with E-state index in [0.717, 1.165) is 6.42 Å². The van der Waals surface area contributed by atoms with Crippen LogP contribution in [0.1, 0.15) is 18.9 Å². The number of thioether (sulfide) groups is 1. The van der Waals surface area contributed by atoms with Crippen molar-refractivity contribution in [2.75, 3.05) is 18.9 Å². The number of rotatable bonds is 1. The van der Waals surface area contributed by atoms with Crippen LogP contribution in [0.25, 0.3) is 0 Å². The third kappa shape index (κ3) is 2.88. The number of amides is 1. The quantitative estimate of drug-likeness (QED) is 0.683. The van der Waals surface area contributed by atoms with Gasteiger partial charge in [-0.05, 0) is 24.6 Å². The molecule has 1 unspecified atom stereocenters. The lowest BCUT2D eigenvalue weighted by molar-refractivity contribution is -0.00429. The minimum Gasteiger partial charge on any atom is -0.465 e. The molecule has 4 N–H and O–H groups in total. The van der Waals surface area contributed by atoms with Gasteiger partial charge in [0, 0.05) is 29.0 Å². The van der Waals surface area contributed by atoms with Crippen molar-refractivity contribution in [2.45, 2.75) is 24.1 Å². The van der Waals surface area contributed by atoms with Crippen molar-refractivity contribution in [2.24, 2.45) is 10.9 Å². The van der Waals surface area contributed by atoms with Crippen molar-refractivity contribution >= 4 is 28.7 Å². The lowest BCUT2D eigenvalue weighted by atomic mass is 9.74. The van der Waals surface area contributed by atoms with Crippen molar-refractivity contribution in [1.29, 1.82) is 0 Å². The van der Waals surface area contributed by atoms with Crippen molar-refractivity contribution in [3.8, 4) is 0 Å². The highest BCUT2D eigenvalue weighted by atomic mass is 32.2. The molecule has 8 heteroatoms. The van der Waals surface area contributed by atoms with E-state index < -0.39 is 17.4 Å². The van der Waals surface area contributed by atoms with Crippen LogP contribution in [0.15, 0.2) is 23.2 Å². The molecule has 0 aromatic heterocycles. The summed E-state index contributed by atoms with van der Waals surface area (Å²) in [5.74, 6) is -0.371. The molecule has 2 heterocycles. The van der Waals surface area contributed by atoms with Gasteiger partial charge in [0.15, 0.2) is 5.17 Å². The van der Waals surface area contributed by atoms with E-state index in [1.54, 1.807) is 6.07 Å². The maximum Gasteiger partial charge on any atom is 0.410 e. The number of anilines is 1. The number of carboxylic acid groups (broad SMARTS) is 1. The maximum absolute atomic E-state index is 14.5. The Labute approximate surface area is 137 Å². The highest BCUT2D eigenvalue weighted by molar-refractivity contribution is 8.14. The summed E-state index contributed by atoms with van der Waals surface area (Å²) in [6.45, 7) is 2.78. The number of benzene rings is 1. The van der Waals surface area contributed by atoms with E-state index in [0.29, 0.717) is 17.9 Å². The van der Waals surface area contributed by atoms with Gasteiger partial charge in [0.2, 0.25) is 0 Å². The molecule has 1 saturated heterocycles. The molecule has 0 spiro atoms. The van der Waals surface area contributed by atoms with Crippen LogP contribution >= 0.6 is 11.8 Å². The Balaban J connectivity index is 2.15. The highest BCUT2D eigenvalue weighted by Gasteiger charge is 2.50. The van der Waals surface area contributed by atoms with Crippen LogP contribution in [0.3, 0.4) is 0 Å². The lowest BCUT2D eigenvalue weighted by Crippen LogP contribution is -2.51. The second kappa shape index (κ2) is 6.01. The zero-order valence-corrected chi connectivity index (χ0v) is 13.4. The molecular formula is C15H18FN3O3S. The molecule has 1 aromatic rings. The van der Waals surface area contributed by atoms with Crippen LogP contribution in [0, 0.1) is 11.7 Å². The largest absolute Gasteiger partial charge is 0.465 e. The van der Waals surface area contributed by atoms with Gasteiger partial charge in [-0.2, -0.15) is 0 Å². The summed E-state index contributed by atoms with van der Waals surface area (Å²) in [4.78, 5) is 15.5. The average molecular weight is 339 g/mol. The summed E-state index contributed by atoms with van der Waals surface area (Å²) >= 11 is 1.35. The number of ether oxygens (including phenoxy) is 1. The number of nitrogens with zero attached hydrogens (tertiary/aromatic N) is 1. The standard InChI is InChI=1S/C15H18FN3O3S/c1-8-10-4-5-22-7-15(10,19-13(23-8)18-14(20)21)11-6-9(17)2-3-12(11)16/h2-3,6,8,10H,4-5,7,17H2,1H3,(H,18,19)(H,20,21)/t8?,10-,15-/m0/s1. The fraction of sp³-hybridized carbons (Fsp3) is 0.467. The van der Waals surface area contributed by atoms with E-state index in [1.807, 2.05) is 6.92 Å². The summed E-state index contributed by atoms with van der Waals surface area (Å²) in [5.41, 5.74) is 5.67. The number of halogens is 1. The zero-order valence-electron chi connectivity index (χ0n) is 12.6. The smallest absolute Gasteiger partial charge is 0.410 e. The van der Waals surface area contributed by atoms with Crippen LogP contribution < -0.4 is 11.1 Å². The fourth-order valence-electron chi connectivity index (χ4n) is 3.35. The van der Waals surface area contributed by atoms with Crippen molar-refractivity contribution < 1.29 is 19.0 Å². The molecule has 3 rings (SSSR count). The first-order valence-corrected chi connectivity index (χ1v) is 8.20. The van der Waals surface area contributed by atoms with E-state index in [1.165, 1.54) is 23.9 Å². The Hall–Kier alpha value is -1.80. The number of nitrogens with two attached hydrogens (primary N) is 1. The van der Waals surface area contributed by atoms with Crippen LogP contribution in [0.4, 0.5) is 14.9 Å². The molecule has 2 aliphatic heterocycles. The van der Waals surface area contributed by atoms with Gasteiger partial charge in [-0.15, -0.1) is 0 Å². The Morgan fingerprint density at radius 2 is 2.39 bits per heavy atom. The minimum atomic E-state index is -1.19. The molecule has 23 heavy (non-hydrogen) atoms. The van der Waals surface area contributed by atoms with Crippen LogP contribution in [0.5, 0.6) is 0 Å². The molecule has 124 valence electrons. The SMILES string of the molecule is CC1SC(NC(=O)O)=N[C@@]2(c3cc(N)ccc3F)COCC[C@@H]12. The van der Waals surface area contributed by atoms with Crippen LogP contribution in [0.2, 0.25) is 0 Å². The molecule has 0 bridgehead atoms. The first-order valence-electron chi connectivity index (χ1n) is 7.32. The summed E-state index contributed by atoms with van der Waals surface area (Å²) in [6.07, 6.45) is -0.464. The predicted octanol–water partition coefficient (Wildman–Crippen LogP) is 2.40. The molecule has 6 nitrogen and oxygen atoms in total. The fourth-order valence-corrected chi connectivity index (χ4v) is 4.59. The maximum atomic E-state index is 14.5.